The Balaban J connectivity index is 1.66. The molecular weight excluding hydrogens is 232 g/mol. The predicted molar refractivity (Wildman–Crippen MR) is 67.8 cm³/mol. The van der Waals surface area contributed by atoms with Crippen LogP contribution in [0.3, 0.4) is 0 Å². The van der Waals surface area contributed by atoms with Crippen LogP contribution in [0.5, 0.6) is 0 Å². The Kier molecular flexibility index (Phi) is 3.17. The number of anilines is 2. The molecule has 1 amide bonds. The zero-order valence-corrected chi connectivity index (χ0v) is 10.1. The first kappa shape index (κ1) is 11.5. The lowest BCUT2D eigenvalue weighted by atomic mass is 10.1. The fourth-order valence-corrected chi connectivity index (χ4v) is 2.24. The summed E-state index contributed by atoms with van der Waals surface area (Å²) in [7, 11) is 0. The topological polar surface area (TPSA) is 59.6 Å². The molecule has 2 aliphatic rings. The molecule has 1 atom stereocenters. The van der Waals surface area contributed by atoms with Crippen LogP contribution in [0.25, 0.3) is 0 Å². The van der Waals surface area contributed by atoms with Crippen molar-refractivity contribution in [1.82, 2.24) is 0 Å². The van der Waals surface area contributed by atoms with Crippen LogP contribution in [-0.2, 0) is 20.7 Å². The van der Waals surface area contributed by atoms with Crippen LogP contribution in [-0.4, -0.2) is 38.4 Å². The number of ether oxygens (including phenoxy) is 2. The molecule has 2 heterocycles. The summed E-state index contributed by atoms with van der Waals surface area (Å²) in [5.74, 6) is -0.138. The summed E-state index contributed by atoms with van der Waals surface area (Å²) in [5.41, 5.74) is 3.22. The maximum Gasteiger partial charge on any atom is 0.255 e. The summed E-state index contributed by atoms with van der Waals surface area (Å²) in [6.07, 6.45) is 0.507. The van der Waals surface area contributed by atoms with Gasteiger partial charge in [-0.15, -0.1) is 0 Å². The molecule has 5 heteroatoms. The molecule has 5 nitrogen and oxygen atoms in total. The van der Waals surface area contributed by atoms with Crippen LogP contribution in [0.15, 0.2) is 18.2 Å². The average Bonchev–Trinajstić information content (AvgIpc) is 2.87. The van der Waals surface area contributed by atoms with Gasteiger partial charge in [-0.05, 0) is 30.2 Å². The zero-order valence-electron chi connectivity index (χ0n) is 10.1. The zero-order chi connectivity index (χ0) is 12.4. The molecule has 2 aliphatic heterocycles. The second-order valence-electron chi connectivity index (χ2n) is 4.47. The van der Waals surface area contributed by atoms with Crippen molar-refractivity contribution in [2.24, 2.45) is 0 Å². The molecule has 2 N–H and O–H groups in total. The van der Waals surface area contributed by atoms with E-state index >= 15 is 0 Å². The van der Waals surface area contributed by atoms with E-state index in [2.05, 4.69) is 10.6 Å². The maximum absolute atomic E-state index is 11.9. The molecular formula is C13H16N2O3. The van der Waals surface area contributed by atoms with E-state index in [1.54, 1.807) is 0 Å². The minimum atomic E-state index is -0.495. The Morgan fingerprint density at radius 1 is 1.39 bits per heavy atom. The third-order valence-corrected chi connectivity index (χ3v) is 3.19. The number of rotatable bonds is 2. The number of carbonyl (C=O) groups excluding carboxylic acids is 1. The molecule has 0 bridgehead atoms. The number of amides is 1. The summed E-state index contributed by atoms with van der Waals surface area (Å²) in [4.78, 5) is 11.9. The van der Waals surface area contributed by atoms with Gasteiger partial charge in [-0.25, -0.2) is 0 Å². The molecule has 0 radical (unpaired) electrons. The van der Waals surface area contributed by atoms with Gasteiger partial charge >= 0.3 is 0 Å². The number of fused-ring (bicyclic) bond motifs is 1. The van der Waals surface area contributed by atoms with Crippen LogP contribution < -0.4 is 10.6 Å². The highest BCUT2D eigenvalue weighted by atomic mass is 16.6. The molecule has 3 rings (SSSR count). The van der Waals surface area contributed by atoms with Gasteiger partial charge in [0.25, 0.3) is 5.91 Å². The van der Waals surface area contributed by atoms with Crippen LogP contribution >= 0.6 is 0 Å². The summed E-state index contributed by atoms with van der Waals surface area (Å²) in [6, 6.07) is 5.91. The van der Waals surface area contributed by atoms with E-state index in [-0.39, 0.29) is 5.91 Å². The van der Waals surface area contributed by atoms with Gasteiger partial charge in [0, 0.05) is 17.9 Å². The van der Waals surface area contributed by atoms with Crippen LogP contribution in [0.2, 0.25) is 0 Å². The SMILES string of the molecule is O=C(Nc1ccc2c(c1)CCN2)C1COCCO1. The average molecular weight is 248 g/mol. The third-order valence-electron chi connectivity index (χ3n) is 3.19. The van der Waals surface area contributed by atoms with Crippen molar-refractivity contribution in [3.8, 4) is 0 Å². The molecule has 1 aromatic carbocycles. The van der Waals surface area contributed by atoms with Gasteiger partial charge in [-0.1, -0.05) is 0 Å². The first-order chi connectivity index (χ1) is 8.83. The summed E-state index contributed by atoms with van der Waals surface area (Å²) in [6.45, 7) is 2.34. The van der Waals surface area contributed by atoms with E-state index in [0.717, 1.165) is 24.3 Å². The third kappa shape index (κ3) is 2.32. The molecule has 1 saturated heterocycles. The molecule has 1 aromatic rings. The quantitative estimate of drug-likeness (QED) is 0.820. The van der Waals surface area contributed by atoms with Crippen molar-refractivity contribution in [1.29, 1.82) is 0 Å². The van der Waals surface area contributed by atoms with Gasteiger partial charge in [0.1, 0.15) is 0 Å². The van der Waals surface area contributed by atoms with E-state index in [9.17, 15) is 4.79 Å². The van der Waals surface area contributed by atoms with Gasteiger partial charge in [0.2, 0.25) is 0 Å². The Morgan fingerprint density at radius 3 is 3.17 bits per heavy atom. The van der Waals surface area contributed by atoms with Crippen LogP contribution in [0, 0.1) is 0 Å². The lowest BCUT2D eigenvalue weighted by Gasteiger charge is -2.22. The maximum atomic E-state index is 11.9. The largest absolute Gasteiger partial charge is 0.384 e. The normalized spacial score (nSPS) is 22.1. The first-order valence-corrected chi connectivity index (χ1v) is 6.20. The van der Waals surface area contributed by atoms with Gasteiger partial charge in [0.05, 0.1) is 19.8 Å². The monoisotopic (exact) mass is 248 g/mol. The second-order valence-corrected chi connectivity index (χ2v) is 4.47. The van der Waals surface area contributed by atoms with Crippen LogP contribution in [0.1, 0.15) is 5.56 Å². The Morgan fingerprint density at radius 2 is 2.33 bits per heavy atom. The van der Waals surface area contributed by atoms with Crippen LogP contribution in [0.4, 0.5) is 11.4 Å². The highest BCUT2D eigenvalue weighted by Gasteiger charge is 2.23. The molecule has 1 unspecified atom stereocenters. The number of benzene rings is 1. The van der Waals surface area contributed by atoms with E-state index in [1.807, 2.05) is 18.2 Å². The molecule has 96 valence electrons. The lowest BCUT2D eigenvalue weighted by Crippen LogP contribution is -2.39. The highest BCUT2D eigenvalue weighted by Crippen LogP contribution is 2.25. The fourth-order valence-electron chi connectivity index (χ4n) is 2.24. The summed E-state index contributed by atoms with van der Waals surface area (Å²) in [5, 5.41) is 6.16. The number of nitrogens with one attached hydrogen (secondary N) is 2. The highest BCUT2D eigenvalue weighted by molar-refractivity contribution is 5.94. The minimum Gasteiger partial charge on any atom is -0.384 e. The van der Waals surface area contributed by atoms with Crippen molar-refractivity contribution in [3.05, 3.63) is 23.8 Å². The van der Waals surface area contributed by atoms with Gasteiger partial charge in [-0.2, -0.15) is 0 Å². The van der Waals surface area contributed by atoms with Gasteiger partial charge in [0.15, 0.2) is 6.10 Å². The van der Waals surface area contributed by atoms with E-state index in [1.165, 1.54) is 5.56 Å². The van der Waals surface area contributed by atoms with Crippen molar-refractivity contribution in [2.45, 2.75) is 12.5 Å². The van der Waals surface area contributed by atoms with E-state index in [4.69, 9.17) is 9.47 Å². The van der Waals surface area contributed by atoms with Crippen molar-refractivity contribution in [2.75, 3.05) is 37.0 Å². The smallest absolute Gasteiger partial charge is 0.255 e. The predicted octanol–water partition coefficient (Wildman–Crippen LogP) is 1.01. The van der Waals surface area contributed by atoms with Crippen molar-refractivity contribution in [3.63, 3.8) is 0 Å². The Bertz CT molecular complexity index is 456. The summed E-state index contributed by atoms with van der Waals surface area (Å²) < 4.78 is 10.6. The minimum absolute atomic E-state index is 0.138. The molecule has 1 fully saturated rings. The van der Waals surface area contributed by atoms with E-state index in [0.29, 0.717) is 19.8 Å². The molecule has 0 aromatic heterocycles. The molecule has 0 spiro atoms. The first-order valence-electron chi connectivity index (χ1n) is 6.20. The standard InChI is InChI=1S/C13H16N2O3/c16-13(12-8-17-5-6-18-12)15-10-1-2-11-9(7-10)3-4-14-11/h1-2,7,12,14H,3-6,8H2,(H,15,16). The number of carbonyl (C=O) groups is 1. The van der Waals surface area contributed by atoms with Crippen molar-refractivity contribution < 1.29 is 14.3 Å². The lowest BCUT2D eigenvalue weighted by molar-refractivity contribution is -0.142. The molecule has 0 saturated carbocycles. The second kappa shape index (κ2) is 4.96. The van der Waals surface area contributed by atoms with Crippen molar-refractivity contribution >= 4 is 17.3 Å². The number of hydrogen-bond acceptors (Lipinski definition) is 4. The van der Waals surface area contributed by atoms with Gasteiger partial charge < -0.3 is 20.1 Å². The fraction of sp³-hybridized carbons (Fsp3) is 0.462. The van der Waals surface area contributed by atoms with Gasteiger partial charge in [-0.3, -0.25) is 4.79 Å². The number of hydrogen-bond donors (Lipinski definition) is 2. The Hall–Kier alpha value is -1.59. The Labute approximate surface area is 105 Å². The molecule has 0 aliphatic carbocycles. The molecule has 18 heavy (non-hydrogen) atoms. The summed E-state index contributed by atoms with van der Waals surface area (Å²) >= 11 is 0. The van der Waals surface area contributed by atoms with E-state index < -0.39 is 6.10 Å².